The average Bonchev–Trinajstić information content (AvgIpc) is 2.46. The zero-order chi connectivity index (χ0) is 15.5. The number of hydrogen-bond acceptors (Lipinski definition) is 5. The number of nitrogen functional groups attached to an aromatic ring is 1. The maximum Gasteiger partial charge on any atom is 0.276 e. The number of nitrogens with two attached hydrogens (primary N) is 1. The van der Waals surface area contributed by atoms with Gasteiger partial charge in [0.1, 0.15) is 5.75 Å². The largest absolute Gasteiger partial charge is 0.507 e. The number of aromatic hydroxyl groups is 1. The number of para-hydroxylation sites is 1. The van der Waals surface area contributed by atoms with Crippen LogP contribution >= 0.6 is 0 Å². The first-order chi connectivity index (χ1) is 9.90. The van der Waals surface area contributed by atoms with Crippen molar-refractivity contribution in [2.24, 2.45) is 5.10 Å². The van der Waals surface area contributed by atoms with Crippen molar-refractivity contribution in [3.8, 4) is 5.75 Å². The fraction of sp³-hybridized carbons (Fsp3) is 0.0714. The summed E-state index contributed by atoms with van der Waals surface area (Å²) in [6.45, 7) is 1.60. The van der Waals surface area contributed by atoms with E-state index in [0.29, 0.717) is 17.0 Å². The molecule has 0 aliphatic rings. The molecule has 0 aromatic heterocycles. The van der Waals surface area contributed by atoms with Gasteiger partial charge in [0.25, 0.3) is 10.0 Å². The number of nitrogens with one attached hydrogen (secondary N) is 1. The zero-order valence-electron chi connectivity index (χ0n) is 11.3. The Morgan fingerprint density at radius 1 is 1.14 bits per heavy atom. The van der Waals surface area contributed by atoms with E-state index in [1.54, 1.807) is 25.1 Å². The van der Waals surface area contributed by atoms with Gasteiger partial charge in [-0.3, -0.25) is 0 Å². The average molecular weight is 305 g/mol. The third kappa shape index (κ3) is 3.51. The lowest BCUT2D eigenvalue weighted by Crippen LogP contribution is -2.20. The summed E-state index contributed by atoms with van der Waals surface area (Å²) >= 11 is 0. The summed E-state index contributed by atoms with van der Waals surface area (Å²) in [4.78, 5) is 2.19. The maximum atomic E-state index is 12.0. The van der Waals surface area contributed by atoms with E-state index in [0.717, 1.165) is 0 Å². The molecule has 0 saturated heterocycles. The lowest BCUT2D eigenvalue weighted by atomic mass is 10.1. The number of phenols is 1. The Morgan fingerprint density at radius 2 is 1.76 bits per heavy atom. The number of phenolic OH excluding ortho intramolecular Hbond substituents is 1. The topological polar surface area (TPSA) is 105 Å². The Bertz CT molecular complexity index is 768. The van der Waals surface area contributed by atoms with Gasteiger partial charge in [0, 0.05) is 11.3 Å². The molecular weight excluding hydrogens is 290 g/mol. The van der Waals surface area contributed by atoms with Gasteiger partial charge < -0.3 is 10.8 Å². The maximum absolute atomic E-state index is 12.0. The van der Waals surface area contributed by atoms with Crippen molar-refractivity contribution in [1.29, 1.82) is 0 Å². The van der Waals surface area contributed by atoms with Crippen LogP contribution in [0.15, 0.2) is 58.5 Å². The van der Waals surface area contributed by atoms with Gasteiger partial charge in [0.2, 0.25) is 0 Å². The predicted molar refractivity (Wildman–Crippen MR) is 81.5 cm³/mol. The standard InChI is InChI=1S/C14H15N3O3S/c1-10(13-4-2-3-5-14(13)18)16-17-21(19,20)12-8-6-11(15)7-9-12/h2-9,17-18H,15H2,1H3. The molecule has 0 aliphatic heterocycles. The van der Waals surface area contributed by atoms with Crippen LogP contribution in [-0.2, 0) is 10.0 Å². The van der Waals surface area contributed by atoms with E-state index in [4.69, 9.17) is 5.73 Å². The third-order valence-corrected chi connectivity index (χ3v) is 4.04. The highest BCUT2D eigenvalue weighted by molar-refractivity contribution is 7.89. The molecule has 0 fully saturated rings. The Morgan fingerprint density at radius 3 is 2.38 bits per heavy atom. The second kappa shape index (κ2) is 5.84. The van der Waals surface area contributed by atoms with Crippen LogP contribution in [0.3, 0.4) is 0 Å². The minimum Gasteiger partial charge on any atom is -0.507 e. The van der Waals surface area contributed by atoms with E-state index < -0.39 is 10.0 Å². The zero-order valence-corrected chi connectivity index (χ0v) is 12.1. The Balaban J connectivity index is 2.23. The number of hydrazone groups is 1. The molecule has 6 nitrogen and oxygen atoms in total. The van der Waals surface area contributed by atoms with E-state index in [2.05, 4.69) is 9.93 Å². The van der Waals surface area contributed by atoms with Crippen LogP contribution in [0.1, 0.15) is 12.5 Å². The smallest absolute Gasteiger partial charge is 0.276 e. The second-order valence-electron chi connectivity index (χ2n) is 4.38. The minimum absolute atomic E-state index is 0.0328. The van der Waals surface area contributed by atoms with Gasteiger partial charge in [-0.15, -0.1) is 0 Å². The Kier molecular flexibility index (Phi) is 4.13. The van der Waals surface area contributed by atoms with Crippen LogP contribution in [0.4, 0.5) is 5.69 Å². The first-order valence-electron chi connectivity index (χ1n) is 6.10. The van der Waals surface area contributed by atoms with Crippen molar-refractivity contribution >= 4 is 21.4 Å². The molecule has 2 aromatic carbocycles. The lowest BCUT2D eigenvalue weighted by Gasteiger charge is -2.06. The molecule has 110 valence electrons. The molecule has 0 saturated carbocycles. The summed E-state index contributed by atoms with van der Waals surface area (Å²) in [5.74, 6) is 0.0328. The van der Waals surface area contributed by atoms with Crippen molar-refractivity contribution in [1.82, 2.24) is 4.83 Å². The highest BCUT2D eigenvalue weighted by atomic mass is 32.2. The minimum atomic E-state index is -3.77. The third-order valence-electron chi connectivity index (χ3n) is 2.82. The molecule has 2 aromatic rings. The van der Waals surface area contributed by atoms with Crippen molar-refractivity contribution < 1.29 is 13.5 Å². The van der Waals surface area contributed by atoms with E-state index in [-0.39, 0.29) is 10.6 Å². The molecule has 2 rings (SSSR count). The molecule has 0 amide bonds. The highest BCUT2D eigenvalue weighted by Crippen LogP contribution is 2.17. The SMILES string of the molecule is CC(=NNS(=O)(=O)c1ccc(N)cc1)c1ccccc1O. The van der Waals surface area contributed by atoms with Gasteiger partial charge in [-0.2, -0.15) is 18.4 Å². The molecular formula is C14H15N3O3S. The quantitative estimate of drug-likeness (QED) is 0.454. The first kappa shape index (κ1) is 14.9. The van der Waals surface area contributed by atoms with Crippen molar-refractivity contribution in [2.75, 3.05) is 5.73 Å². The molecule has 4 N–H and O–H groups in total. The second-order valence-corrected chi connectivity index (χ2v) is 6.04. The van der Waals surface area contributed by atoms with E-state index in [1.807, 2.05) is 0 Å². The summed E-state index contributed by atoms with van der Waals surface area (Å²) in [6.07, 6.45) is 0. The molecule has 0 atom stereocenters. The number of hydrogen-bond donors (Lipinski definition) is 3. The molecule has 0 radical (unpaired) electrons. The Labute approximate surface area is 123 Å². The number of benzene rings is 2. The normalized spacial score (nSPS) is 12.1. The molecule has 0 aliphatic carbocycles. The molecule has 0 unspecified atom stereocenters. The molecule has 0 heterocycles. The van der Waals surface area contributed by atoms with Gasteiger partial charge in [-0.05, 0) is 43.3 Å². The number of nitrogens with zero attached hydrogens (tertiary/aromatic N) is 1. The summed E-state index contributed by atoms with van der Waals surface area (Å²) in [6, 6.07) is 12.3. The van der Waals surface area contributed by atoms with E-state index >= 15 is 0 Å². The number of sulfonamides is 1. The van der Waals surface area contributed by atoms with Gasteiger partial charge in [0.15, 0.2) is 0 Å². The molecule has 21 heavy (non-hydrogen) atoms. The fourth-order valence-corrected chi connectivity index (χ4v) is 2.52. The van der Waals surface area contributed by atoms with Gasteiger partial charge in [-0.25, -0.2) is 0 Å². The lowest BCUT2D eigenvalue weighted by molar-refractivity contribution is 0.474. The van der Waals surface area contributed by atoms with Crippen molar-refractivity contribution in [3.05, 3.63) is 54.1 Å². The predicted octanol–water partition coefficient (Wildman–Crippen LogP) is 1.68. The number of rotatable bonds is 4. The Hall–Kier alpha value is -2.54. The molecule has 7 heteroatoms. The van der Waals surface area contributed by atoms with Crippen LogP contribution in [0.5, 0.6) is 5.75 Å². The van der Waals surface area contributed by atoms with E-state index in [1.165, 1.54) is 30.3 Å². The van der Waals surface area contributed by atoms with Crippen molar-refractivity contribution in [2.45, 2.75) is 11.8 Å². The van der Waals surface area contributed by atoms with Crippen LogP contribution in [0, 0.1) is 0 Å². The van der Waals surface area contributed by atoms with Crippen LogP contribution < -0.4 is 10.6 Å². The van der Waals surface area contributed by atoms with E-state index in [9.17, 15) is 13.5 Å². The van der Waals surface area contributed by atoms with Gasteiger partial charge >= 0.3 is 0 Å². The highest BCUT2D eigenvalue weighted by Gasteiger charge is 2.13. The number of anilines is 1. The van der Waals surface area contributed by atoms with Crippen LogP contribution in [0.2, 0.25) is 0 Å². The van der Waals surface area contributed by atoms with Gasteiger partial charge in [0.05, 0.1) is 10.6 Å². The van der Waals surface area contributed by atoms with Crippen LogP contribution in [-0.4, -0.2) is 19.2 Å². The molecule has 0 bridgehead atoms. The summed E-state index contributed by atoms with van der Waals surface area (Å²) in [5.41, 5.74) is 6.80. The summed E-state index contributed by atoms with van der Waals surface area (Å²) in [7, 11) is -3.77. The molecule has 0 spiro atoms. The van der Waals surface area contributed by atoms with Gasteiger partial charge in [-0.1, -0.05) is 12.1 Å². The summed E-state index contributed by atoms with van der Waals surface area (Å²) in [5, 5.41) is 13.5. The monoisotopic (exact) mass is 305 g/mol. The van der Waals surface area contributed by atoms with Crippen LogP contribution in [0.25, 0.3) is 0 Å². The summed E-state index contributed by atoms with van der Waals surface area (Å²) < 4.78 is 24.1. The fourth-order valence-electron chi connectivity index (χ4n) is 1.67. The first-order valence-corrected chi connectivity index (χ1v) is 7.58. The van der Waals surface area contributed by atoms with Crippen molar-refractivity contribution in [3.63, 3.8) is 0 Å².